The number of nitrogens with zero attached hydrogens (tertiary/aromatic N) is 1. The zero-order valence-corrected chi connectivity index (χ0v) is 13.5. The molecule has 20 heavy (non-hydrogen) atoms. The highest BCUT2D eigenvalue weighted by Gasteiger charge is 2.13. The van der Waals surface area contributed by atoms with Gasteiger partial charge in [0.2, 0.25) is 5.91 Å². The third-order valence-corrected chi connectivity index (χ3v) is 3.56. The van der Waals surface area contributed by atoms with Crippen LogP contribution in [-0.4, -0.2) is 37.0 Å². The Morgan fingerprint density at radius 1 is 1.30 bits per heavy atom. The van der Waals surface area contributed by atoms with Crippen LogP contribution >= 0.6 is 15.9 Å². The molecular formula is C15H20BrNO3. The standard InChI is InChI=1S/C15H20BrNO3/c1-3-17(10-9-15(19)20-2)14(18)8-7-12-5-4-6-13(16)11-12/h4-6,11H,3,7-10H2,1-2H3. The Hall–Kier alpha value is -1.36. The van der Waals surface area contributed by atoms with E-state index in [0.29, 0.717) is 25.9 Å². The predicted octanol–water partition coefficient (Wildman–Crippen LogP) is 2.79. The molecule has 4 nitrogen and oxygen atoms in total. The number of halogens is 1. The van der Waals surface area contributed by atoms with E-state index in [1.54, 1.807) is 4.90 Å². The number of rotatable bonds is 7. The summed E-state index contributed by atoms with van der Waals surface area (Å²) in [7, 11) is 1.35. The first-order chi connectivity index (χ1) is 9.56. The molecule has 0 aliphatic rings. The summed E-state index contributed by atoms with van der Waals surface area (Å²) in [6.45, 7) is 2.93. The molecule has 110 valence electrons. The number of carbonyl (C=O) groups excluding carboxylic acids is 2. The zero-order valence-electron chi connectivity index (χ0n) is 11.9. The Bertz CT molecular complexity index is 462. The van der Waals surface area contributed by atoms with Gasteiger partial charge in [-0.1, -0.05) is 28.1 Å². The predicted molar refractivity (Wildman–Crippen MR) is 81.4 cm³/mol. The van der Waals surface area contributed by atoms with Crippen LogP contribution < -0.4 is 0 Å². The van der Waals surface area contributed by atoms with Crippen LogP contribution in [0.4, 0.5) is 0 Å². The highest BCUT2D eigenvalue weighted by atomic mass is 79.9. The van der Waals surface area contributed by atoms with Gasteiger partial charge in [-0.2, -0.15) is 0 Å². The molecule has 1 aromatic rings. The molecule has 0 aliphatic carbocycles. The molecule has 0 bridgehead atoms. The lowest BCUT2D eigenvalue weighted by molar-refractivity contribution is -0.141. The van der Waals surface area contributed by atoms with Crippen molar-refractivity contribution in [3.63, 3.8) is 0 Å². The molecule has 0 radical (unpaired) electrons. The van der Waals surface area contributed by atoms with Gasteiger partial charge in [0.05, 0.1) is 13.5 Å². The van der Waals surface area contributed by atoms with E-state index in [9.17, 15) is 9.59 Å². The van der Waals surface area contributed by atoms with Gasteiger partial charge in [-0.3, -0.25) is 9.59 Å². The summed E-state index contributed by atoms with van der Waals surface area (Å²) in [6, 6.07) is 7.93. The average Bonchev–Trinajstić information content (AvgIpc) is 2.45. The second kappa shape index (κ2) is 8.74. The fourth-order valence-corrected chi connectivity index (χ4v) is 2.34. The van der Waals surface area contributed by atoms with Gasteiger partial charge in [0, 0.05) is 24.0 Å². The fourth-order valence-electron chi connectivity index (χ4n) is 1.89. The van der Waals surface area contributed by atoms with Crippen LogP contribution in [0.15, 0.2) is 28.7 Å². The number of amides is 1. The molecule has 1 amide bonds. The zero-order chi connectivity index (χ0) is 15.0. The van der Waals surface area contributed by atoms with Gasteiger partial charge >= 0.3 is 5.97 Å². The smallest absolute Gasteiger partial charge is 0.307 e. The van der Waals surface area contributed by atoms with Gasteiger partial charge in [0.1, 0.15) is 0 Å². The number of benzene rings is 1. The average molecular weight is 342 g/mol. The van der Waals surface area contributed by atoms with Crippen LogP contribution in [0.2, 0.25) is 0 Å². The molecule has 0 unspecified atom stereocenters. The molecule has 1 rings (SSSR count). The fraction of sp³-hybridized carbons (Fsp3) is 0.467. The van der Waals surface area contributed by atoms with E-state index in [0.717, 1.165) is 10.0 Å². The molecule has 0 aliphatic heterocycles. The van der Waals surface area contributed by atoms with Crippen molar-refractivity contribution in [1.29, 1.82) is 0 Å². The Kier molecular flexibility index (Phi) is 7.30. The lowest BCUT2D eigenvalue weighted by Crippen LogP contribution is -2.33. The molecule has 0 fully saturated rings. The number of methoxy groups -OCH3 is 1. The number of hydrogen-bond donors (Lipinski definition) is 0. The van der Waals surface area contributed by atoms with E-state index < -0.39 is 0 Å². The molecule has 0 spiro atoms. The van der Waals surface area contributed by atoms with Crippen LogP contribution in [0.1, 0.15) is 25.3 Å². The Morgan fingerprint density at radius 3 is 2.65 bits per heavy atom. The van der Waals surface area contributed by atoms with Crippen molar-refractivity contribution < 1.29 is 14.3 Å². The summed E-state index contributed by atoms with van der Waals surface area (Å²) < 4.78 is 5.60. The molecule has 0 N–H and O–H groups in total. The first-order valence-electron chi connectivity index (χ1n) is 6.65. The lowest BCUT2D eigenvalue weighted by atomic mass is 10.1. The maximum absolute atomic E-state index is 12.1. The molecule has 0 heterocycles. The van der Waals surface area contributed by atoms with Gasteiger partial charge < -0.3 is 9.64 Å². The van der Waals surface area contributed by atoms with Gasteiger partial charge in [0.15, 0.2) is 0 Å². The Morgan fingerprint density at radius 2 is 2.05 bits per heavy atom. The molecule has 0 atom stereocenters. The summed E-state index contributed by atoms with van der Waals surface area (Å²) in [5.41, 5.74) is 1.12. The van der Waals surface area contributed by atoms with Crippen LogP contribution in [-0.2, 0) is 20.7 Å². The van der Waals surface area contributed by atoms with Crippen molar-refractivity contribution in [2.45, 2.75) is 26.2 Å². The monoisotopic (exact) mass is 341 g/mol. The Labute approximate surface area is 128 Å². The highest BCUT2D eigenvalue weighted by molar-refractivity contribution is 9.10. The van der Waals surface area contributed by atoms with E-state index in [4.69, 9.17) is 0 Å². The minimum atomic E-state index is -0.289. The molecular weight excluding hydrogens is 322 g/mol. The number of aryl methyl sites for hydroxylation is 1. The molecule has 0 saturated carbocycles. The van der Waals surface area contributed by atoms with E-state index >= 15 is 0 Å². The summed E-state index contributed by atoms with van der Waals surface area (Å²) >= 11 is 3.41. The maximum atomic E-state index is 12.1. The van der Waals surface area contributed by atoms with Crippen LogP contribution in [0, 0.1) is 0 Å². The summed E-state index contributed by atoms with van der Waals surface area (Å²) in [4.78, 5) is 24.9. The second-order valence-electron chi connectivity index (χ2n) is 4.43. The number of hydrogen-bond acceptors (Lipinski definition) is 3. The number of esters is 1. The third kappa shape index (κ3) is 5.74. The molecule has 0 saturated heterocycles. The Balaban J connectivity index is 2.45. The van der Waals surface area contributed by atoms with E-state index in [1.165, 1.54) is 7.11 Å². The van der Waals surface area contributed by atoms with Crippen LogP contribution in [0.25, 0.3) is 0 Å². The normalized spacial score (nSPS) is 10.2. The van der Waals surface area contributed by atoms with Crippen molar-refractivity contribution in [2.24, 2.45) is 0 Å². The van der Waals surface area contributed by atoms with E-state index in [2.05, 4.69) is 20.7 Å². The topological polar surface area (TPSA) is 46.6 Å². The van der Waals surface area contributed by atoms with E-state index in [1.807, 2.05) is 31.2 Å². The maximum Gasteiger partial charge on any atom is 0.307 e. The lowest BCUT2D eigenvalue weighted by Gasteiger charge is -2.20. The molecule has 1 aromatic carbocycles. The SMILES string of the molecule is CCN(CCC(=O)OC)C(=O)CCc1cccc(Br)c1. The first-order valence-corrected chi connectivity index (χ1v) is 7.45. The minimum absolute atomic E-state index is 0.0661. The number of ether oxygens (including phenoxy) is 1. The largest absolute Gasteiger partial charge is 0.469 e. The van der Waals surface area contributed by atoms with Crippen LogP contribution in [0.3, 0.4) is 0 Å². The van der Waals surface area contributed by atoms with Gasteiger partial charge in [-0.25, -0.2) is 0 Å². The quantitative estimate of drug-likeness (QED) is 0.716. The van der Waals surface area contributed by atoms with Crippen molar-refractivity contribution in [3.05, 3.63) is 34.3 Å². The summed E-state index contributed by atoms with van der Waals surface area (Å²) in [6.07, 6.45) is 1.39. The third-order valence-electron chi connectivity index (χ3n) is 3.06. The van der Waals surface area contributed by atoms with E-state index in [-0.39, 0.29) is 18.3 Å². The highest BCUT2D eigenvalue weighted by Crippen LogP contribution is 2.13. The number of carbonyl (C=O) groups is 2. The second-order valence-corrected chi connectivity index (χ2v) is 5.35. The van der Waals surface area contributed by atoms with Gasteiger partial charge in [-0.05, 0) is 31.0 Å². The molecule has 5 heteroatoms. The van der Waals surface area contributed by atoms with Crippen molar-refractivity contribution in [2.75, 3.05) is 20.2 Å². The van der Waals surface area contributed by atoms with Gasteiger partial charge in [0.25, 0.3) is 0 Å². The summed E-state index contributed by atoms with van der Waals surface area (Å²) in [5.74, 6) is -0.223. The summed E-state index contributed by atoms with van der Waals surface area (Å²) in [5, 5.41) is 0. The van der Waals surface area contributed by atoms with Gasteiger partial charge in [-0.15, -0.1) is 0 Å². The van der Waals surface area contributed by atoms with Crippen molar-refractivity contribution in [1.82, 2.24) is 4.90 Å². The van der Waals surface area contributed by atoms with Crippen LogP contribution in [0.5, 0.6) is 0 Å². The first kappa shape index (κ1) is 16.7. The molecule has 0 aromatic heterocycles. The van der Waals surface area contributed by atoms with Crippen molar-refractivity contribution >= 4 is 27.8 Å². The minimum Gasteiger partial charge on any atom is -0.469 e. The van der Waals surface area contributed by atoms with Crippen molar-refractivity contribution in [3.8, 4) is 0 Å².